The Hall–Kier alpha value is -3.64. The van der Waals surface area contributed by atoms with E-state index in [-0.39, 0.29) is 39.7 Å². The number of thioether (sulfide) groups is 2. The molecule has 1 saturated heterocycles. The highest BCUT2D eigenvalue weighted by atomic mass is 32.2. The fraction of sp³-hybridized carbons (Fsp3) is 0.333. The number of rotatable bonds is 8. The van der Waals surface area contributed by atoms with Gasteiger partial charge in [-0.25, -0.2) is 9.78 Å². The van der Waals surface area contributed by atoms with Gasteiger partial charge in [0.05, 0.1) is 0 Å². The van der Waals surface area contributed by atoms with Crippen LogP contribution in [-0.2, 0) is 20.9 Å². The molecular formula is C18H18N8O7S3. The SMILES string of the molecule is CCn1c(SCC2=C(C(=O)O)N3C(=O)C(NC(=O)C(=NO)c4csc(N)n4)[C@@H]3SC2)nnc(O)c1=O. The normalized spacial score (nSPS) is 19.6. The van der Waals surface area contributed by atoms with Crippen molar-refractivity contribution in [2.24, 2.45) is 5.16 Å². The number of oxime groups is 1. The van der Waals surface area contributed by atoms with Gasteiger partial charge in [-0.2, -0.15) is 0 Å². The van der Waals surface area contributed by atoms with Crippen LogP contribution in [0.15, 0.2) is 31.8 Å². The van der Waals surface area contributed by atoms with Crippen molar-refractivity contribution in [3.05, 3.63) is 32.7 Å². The molecule has 0 aliphatic carbocycles. The Bertz CT molecular complexity index is 1370. The molecule has 190 valence electrons. The number of carboxylic acids is 1. The predicted octanol–water partition coefficient (Wildman–Crippen LogP) is -0.888. The minimum Gasteiger partial charge on any atom is -0.488 e. The Morgan fingerprint density at radius 2 is 2.11 bits per heavy atom. The molecule has 2 aromatic rings. The number of nitrogens with one attached hydrogen (secondary N) is 1. The summed E-state index contributed by atoms with van der Waals surface area (Å²) in [7, 11) is 0. The van der Waals surface area contributed by atoms with Crippen LogP contribution in [0.1, 0.15) is 12.6 Å². The number of hydrogen-bond acceptors (Lipinski definition) is 14. The van der Waals surface area contributed by atoms with E-state index >= 15 is 0 Å². The number of carbonyl (C=O) groups excluding carboxylic acids is 2. The van der Waals surface area contributed by atoms with Gasteiger partial charge in [0.25, 0.3) is 17.7 Å². The summed E-state index contributed by atoms with van der Waals surface area (Å²) in [5.74, 6) is -3.27. The van der Waals surface area contributed by atoms with Gasteiger partial charge in [-0.15, -0.1) is 33.3 Å². The fourth-order valence-corrected chi connectivity index (χ4v) is 6.58. The van der Waals surface area contributed by atoms with E-state index in [1.165, 1.54) is 21.7 Å². The summed E-state index contributed by atoms with van der Waals surface area (Å²) in [5, 5.41) is 42.2. The lowest BCUT2D eigenvalue weighted by Gasteiger charge is -2.49. The maximum atomic E-state index is 12.9. The van der Waals surface area contributed by atoms with Crippen LogP contribution in [0, 0.1) is 0 Å². The average molecular weight is 555 g/mol. The number of hydrogen-bond donors (Lipinski definition) is 5. The Morgan fingerprint density at radius 1 is 1.36 bits per heavy atom. The quantitative estimate of drug-likeness (QED) is 0.0878. The van der Waals surface area contributed by atoms with E-state index in [1.54, 1.807) is 6.92 Å². The van der Waals surface area contributed by atoms with Crippen LogP contribution in [-0.4, -0.2) is 86.5 Å². The number of amides is 2. The third-order valence-electron chi connectivity index (χ3n) is 5.21. The Morgan fingerprint density at radius 3 is 2.72 bits per heavy atom. The van der Waals surface area contributed by atoms with E-state index in [1.807, 2.05) is 0 Å². The lowest BCUT2D eigenvalue weighted by atomic mass is 10.0. The second-order valence-corrected chi connectivity index (χ2v) is 10.2. The first-order valence-corrected chi connectivity index (χ1v) is 13.0. The number of fused-ring (bicyclic) bond motifs is 1. The van der Waals surface area contributed by atoms with Crippen LogP contribution in [0.4, 0.5) is 5.13 Å². The highest BCUT2D eigenvalue weighted by Gasteiger charge is 2.54. The molecule has 0 bridgehead atoms. The number of carbonyl (C=O) groups is 3. The summed E-state index contributed by atoms with van der Waals surface area (Å²) >= 11 is 3.32. The molecule has 4 rings (SSSR count). The first kappa shape index (κ1) is 25.5. The average Bonchev–Trinajstić information content (AvgIpc) is 3.28. The van der Waals surface area contributed by atoms with E-state index in [0.29, 0.717) is 5.57 Å². The molecule has 1 unspecified atom stereocenters. The summed E-state index contributed by atoms with van der Waals surface area (Å²) in [6.07, 6.45) is 0. The molecule has 18 heteroatoms. The molecule has 15 nitrogen and oxygen atoms in total. The molecule has 36 heavy (non-hydrogen) atoms. The van der Waals surface area contributed by atoms with Gasteiger partial charge in [0.2, 0.25) is 0 Å². The predicted molar refractivity (Wildman–Crippen MR) is 129 cm³/mol. The zero-order chi connectivity index (χ0) is 26.1. The number of aromatic hydroxyl groups is 1. The second kappa shape index (κ2) is 10.2. The van der Waals surface area contributed by atoms with E-state index in [0.717, 1.165) is 28.0 Å². The van der Waals surface area contributed by atoms with E-state index < -0.39 is 46.4 Å². The van der Waals surface area contributed by atoms with Gasteiger partial charge >= 0.3 is 11.5 Å². The van der Waals surface area contributed by atoms with E-state index in [9.17, 15) is 34.6 Å². The van der Waals surface area contributed by atoms with Gasteiger partial charge < -0.3 is 26.5 Å². The zero-order valence-corrected chi connectivity index (χ0v) is 20.8. The number of aliphatic carboxylic acids is 1. The number of anilines is 1. The van der Waals surface area contributed by atoms with Crippen molar-refractivity contribution >= 4 is 63.5 Å². The van der Waals surface area contributed by atoms with Crippen molar-refractivity contribution in [2.75, 3.05) is 17.2 Å². The van der Waals surface area contributed by atoms with Gasteiger partial charge in [0.1, 0.15) is 22.8 Å². The first-order valence-electron chi connectivity index (χ1n) is 10.1. The van der Waals surface area contributed by atoms with Gasteiger partial charge in [-0.05, 0) is 12.5 Å². The van der Waals surface area contributed by atoms with Crippen LogP contribution in [0.2, 0.25) is 0 Å². The monoisotopic (exact) mass is 554 g/mol. The Labute approximate surface area is 214 Å². The fourth-order valence-electron chi connectivity index (χ4n) is 3.55. The maximum absolute atomic E-state index is 12.9. The van der Waals surface area contributed by atoms with Crippen molar-refractivity contribution in [2.45, 2.75) is 30.0 Å². The van der Waals surface area contributed by atoms with Crippen LogP contribution in [0.25, 0.3) is 0 Å². The summed E-state index contributed by atoms with van der Waals surface area (Å²) in [5.41, 5.74) is 4.62. The number of nitrogens with zero attached hydrogens (tertiary/aromatic N) is 6. The largest absolute Gasteiger partial charge is 0.488 e. The molecule has 0 spiro atoms. The molecule has 0 radical (unpaired) electrons. The number of nitrogens with two attached hydrogens (primary N) is 1. The molecule has 0 aromatic carbocycles. The lowest BCUT2D eigenvalue weighted by Crippen LogP contribution is -2.71. The van der Waals surface area contributed by atoms with Crippen molar-refractivity contribution in [3.63, 3.8) is 0 Å². The third-order valence-corrected chi connectivity index (χ3v) is 8.27. The van der Waals surface area contributed by atoms with Crippen LogP contribution < -0.4 is 16.6 Å². The number of carboxylic acid groups (broad SMARTS) is 1. The molecule has 6 N–H and O–H groups in total. The van der Waals surface area contributed by atoms with Gasteiger partial charge in [-0.3, -0.25) is 23.9 Å². The lowest BCUT2D eigenvalue weighted by molar-refractivity contribution is -0.150. The van der Waals surface area contributed by atoms with Crippen molar-refractivity contribution < 1.29 is 29.8 Å². The number of thiazole rings is 1. The minimum absolute atomic E-state index is 0.0331. The molecule has 2 amide bonds. The molecular weight excluding hydrogens is 536 g/mol. The summed E-state index contributed by atoms with van der Waals surface area (Å²) in [6, 6.07) is -1.05. The van der Waals surface area contributed by atoms with Crippen molar-refractivity contribution in [1.82, 2.24) is 30.0 Å². The second-order valence-electron chi connectivity index (χ2n) is 7.28. The van der Waals surface area contributed by atoms with Crippen molar-refractivity contribution in [3.8, 4) is 5.88 Å². The molecule has 0 saturated carbocycles. The standard InChI is InChI=1S/C18H18N8O7S3/c1-2-25-14(30)12(28)22-23-18(25)36-4-6-3-34-15-9(13(29)26(15)10(6)16(31)32)21-11(27)8(24-33)7-5-35-17(19)20-7/h5,9,15,33H,2-4H2,1H3,(H2,19,20)(H,21,27)(H,22,28)(H,31,32)/t9?,15-/m0/s1. The Kier molecular flexibility index (Phi) is 7.18. The summed E-state index contributed by atoms with van der Waals surface area (Å²) in [4.78, 5) is 54.5. The molecule has 2 aliphatic heterocycles. The minimum atomic E-state index is -1.32. The van der Waals surface area contributed by atoms with Crippen LogP contribution in [0.5, 0.6) is 5.88 Å². The third kappa shape index (κ3) is 4.49. The van der Waals surface area contributed by atoms with Crippen LogP contribution >= 0.6 is 34.9 Å². The molecule has 2 aromatic heterocycles. The number of aromatic nitrogens is 4. The summed E-state index contributed by atoms with van der Waals surface area (Å²) < 4.78 is 1.20. The Balaban J connectivity index is 1.51. The van der Waals surface area contributed by atoms with Crippen molar-refractivity contribution in [1.29, 1.82) is 0 Å². The summed E-state index contributed by atoms with van der Waals surface area (Å²) in [6.45, 7) is 1.89. The smallest absolute Gasteiger partial charge is 0.352 e. The van der Waals surface area contributed by atoms with E-state index in [2.05, 4.69) is 25.7 Å². The molecule has 4 heterocycles. The van der Waals surface area contributed by atoms with Crippen LogP contribution in [0.3, 0.4) is 0 Å². The molecule has 2 atom stereocenters. The maximum Gasteiger partial charge on any atom is 0.352 e. The zero-order valence-electron chi connectivity index (χ0n) is 18.3. The highest BCUT2D eigenvalue weighted by Crippen LogP contribution is 2.41. The van der Waals surface area contributed by atoms with Gasteiger partial charge in [-0.1, -0.05) is 16.9 Å². The highest BCUT2D eigenvalue weighted by molar-refractivity contribution is 8.01. The first-order chi connectivity index (χ1) is 17.2. The van der Waals surface area contributed by atoms with E-state index in [4.69, 9.17) is 5.73 Å². The molecule has 2 aliphatic rings. The van der Waals surface area contributed by atoms with Gasteiger partial charge in [0, 0.05) is 23.4 Å². The number of nitrogen functional groups attached to an aromatic ring is 1. The van der Waals surface area contributed by atoms with Gasteiger partial charge in [0.15, 0.2) is 16.0 Å². The molecule has 1 fully saturated rings. The number of β-lactam (4-membered cyclic amide) rings is 1. The topological polar surface area (TPSA) is 226 Å².